The van der Waals surface area contributed by atoms with Gasteiger partial charge in [0.15, 0.2) is 17.5 Å². The molecule has 0 N–H and O–H groups in total. The summed E-state index contributed by atoms with van der Waals surface area (Å²) in [5.74, 6) is 1.83. The maximum atomic E-state index is 6.70. The van der Waals surface area contributed by atoms with E-state index in [2.05, 4.69) is 152 Å². The Labute approximate surface area is 327 Å². The molecule has 4 nitrogen and oxygen atoms in total. The summed E-state index contributed by atoms with van der Waals surface area (Å²) >= 11 is 1.85. The molecule has 0 radical (unpaired) electrons. The minimum atomic E-state index is 0.589. The number of nitrogens with zero attached hydrogens (tertiary/aromatic N) is 3. The van der Waals surface area contributed by atoms with Crippen LogP contribution in [0.25, 0.3) is 110 Å². The lowest BCUT2D eigenvalue weighted by Crippen LogP contribution is -2.00. The van der Waals surface area contributed by atoms with Crippen molar-refractivity contribution in [1.82, 2.24) is 15.0 Å². The Morgan fingerprint density at radius 2 is 0.839 bits per heavy atom. The second-order valence-corrected chi connectivity index (χ2v) is 15.1. The van der Waals surface area contributed by atoms with E-state index in [1.54, 1.807) is 0 Å². The number of hydrogen-bond donors (Lipinski definition) is 0. The predicted molar refractivity (Wildman–Crippen MR) is 233 cm³/mol. The van der Waals surface area contributed by atoms with Gasteiger partial charge in [0.2, 0.25) is 0 Å². The first-order chi connectivity index (χ1) is 27.7. The molecule has 5 heteroatoms. The minimum absolute atomic E-state index is 0.589. The molecule has 0 fully saturated rings. The third-order valence-electron chi connectivity index (χ3n) is 10.5. The van der Waals surface area contributed by atoms with Gasteiger partial charge in [-0.3, -0.25) is 0 Å². The Balaban J connectivity index is 1.04. The zero-order valence-corrected chi connectivity index (χ0v) is 30.9. The first-order valence-corrected chi connectivity index (χ1v) is 19.5. The van der Waals surface area contributed by atoms with Gasteiger partial charge in [0.25, 0.3) is 0 Å². The maximum absolute atomic E-state index is 6.70. The highest BCUT2D eigenvalue weighted by molar-refractivity contribution is 7.26. The van der Waals surface area contributed by atoms with Gasteiger partial charge in [-0.2, -0.15) is 0 Å². The summed E-state index contributed by atoms with van der Waals surface area (Å²) in [6.45, 7) is 0. The van der Waals surface area contributed by atoms with Gasteiger partial charge in [0.1, 0.15) is 11.2 Å². The SMILES string of the molecule is c1ccc(-c2cccc(-c3nc(-c4ccccc4)nc(-c4ccc5c(c4)oc4cc(-c6cc(-c7ccccc7)cc7sc8ccccc8c67)ccc45)n3)c2)cc1. The van der Waals surface area contributed by atoms with Crippen molar-refractivity contribution in [3.63, 3.8) is 0 Å². The molecule has 0 aliphatic heterocycles. The number of furan rings is 1. The van der Waals surface area contributed by atoms with Crippen molar-refractivity contribution in [1.29, 1.82) is 0 Å². The Hall–Kier alpha value is -7.21. The summed E-state index contributed by atoms with van der Waals surface area (Å²) in [6, 6.07) is 65.7. The van der Waals surface area contributed by atoms with Gasteiger partial charge in [-0.25, -0.2) is 15.0 Å². The molecular weight excluding hydrogens is 703 g/mol. The van der Waals surface area contributed by atoms with Gasteiger partial charge >= 0.3 is 0 Å². The summed E-state index contributed by atoms with van der Waals surface area (Å²) in [6.07, 6.45) is 0. The van der Waals surface area contributed by atoms with E-state index in [0.717, 1.165) is 55.3 Å². The van der Waals surface area contributed by atoms with Gasteiger partial charge in [0, 0.05) is 47.6 Å². The molecule has 0 unspecified atom stereocenters. The van der Waals surface area contributed by atoms with Crippen molar-refractivity contribution in [2.45, 2.75) is 0 Å². The fourth-order valence-electron chi connectivity index (χ4n) is 7.78. The van der Waals surface area contributed by atoms with Crippen LogP contribution >= 0.6 is 11.3 Å². The number of aromatic nitrogens is 3. The highest BCUT2D eigenvalue weighted by Crippen LogP contribution is 2.44. The Kier molecular flexibility index (Phi) is 7.64. The molecule has 0 atom stereocenters. The lowest BCUT2D eigenvalue weighted by molar-refractivity contribution is 0.669. The normalized spacial score (nSPS) is 11.6. The zero-order valence-electron chi connectivity index (χ0n) is 30.1. The maximum Gasteiger partial charge on any atom is 0.164 e. The van der Waals surface area contributed by atoms with Crippen LogP contribution in [-0.4, -0.2) is 15.0 Å². The minimum Gasteiger partial charge on any atom is -0.456 e. The molecular formula is C51H31N3OS. The summed E-state index contributed by atoms with van der Waals surface area (Å²) in [5.41, 5.74) is 11.3. The molecule has 8 aromatic carbocycles. The molecule has 0 aliphatic carbocycles. The quantitative estimate of drug-likeness (QED) is 0.171. The van der Waals surface area contributed by atoms with E-state index in [1.165, 1.54) is 36.9 Å². The monoisotopic (exact) mass is 733 g/mol. The fourth-order valence-corrected chi connectivity index (χ4v) is 8.95. The van der Waals surface area contributed by atoms with Gasteiger partial charge < -0.3 is 4.42 Å². The predicted octanol–water partition coefficient (Wildman–Crippen LogP) is 14.1. The lowest BCUT2D eigenvalue weighted by atomic mass is 9.94. The topological polar surface area (TPSA) is 51.8 Å². The van der Waals surface area contributed by atoms with Crippen LogP contribution in [0, 0.1) is 0 Å². The van der Waals surface area contributed by atoms with E-state index in [-0.39, 0.29) is 0 Å². The molecule has 56 heavy (non-hydrogen) atoms. The molecule has 262 valence electrons. The Morgan fingerprint density at radius 3 is 1.54 bits per heavy atom. The lowest BCUT2D eigenvalue weighted by Gasteiger charge is -2.10. The average molecular weight is 734 g/mol. The van der Waals surface area contributed by atoms with Crippen molar-refractivity contribution < 1.29 is 4.42 Å². The summed E-state index contributed by atoms with van der Waals surface area (Å²) in [7, 11) is 0. The van der Waals surface area contributed by atoms with E-state index < -0.39 is 0 Å². The van der Waals surface area contributed by atoms with Crippen LogP contribution in [0.4, 0.5) is 0 Å². The van der Waals surface area contributed by atoms with Crippen LogP contribution in [0.5, 0.6) is 0 Å². The van der Waals surface area contributed by atoms with Crippen molar-refractivity contribution in [2.75, 3.05) is 0 Å². The van der Waals surface area contributed by atoms with E-state index in [9.17, 15) is 0 Å². The molecule has 0 saturated carbocycles. The van der Waals surface area contributed by atoms with Gasteiger partial charge in [0.05, 0.1) is 0 Å². The molecule has 0 amide bonds. The Morgan fingerprint density at radius 1 is 0.321 bits per heavy atom. The van der Waals surface area contributed by atoms with Crippen LogP contribution in [0.3, 0.4) is 0 Å². The summed E-state index contributed by atoms with van der Waals surface area (Å²) in [5, 5.41) is 4.67. The van der Waals surface area contributed by atoms with E-state index in [1.807, 2.05) is 47.7 Å². The third-order valence-corrected chi connectivity index (χ3v) is 11.6. The second-order valence-electron chi connectivity index (χ2n) is 14.0. The largest absolute Gasteiger partial charge is 0.456 e. The van der Waals surface area contributed by atoms with Crippen LogP contribution in [-0.2, 0) is 0 Å². The molecule has 0 spiro atoms. The van der Waals surface area contributed by atoms with Crippen LogP contribution in [0.15, 0.2) is 192 Å². The van der Waals surface area contributed by atoms with Crippen LogP contribution in [0.1, 0.15) is 0 Å². The molecule has 3 heterocycles. The molecule has 11 rings (SSSR count). The van der Waals surface area contributed by atoms with Gasteiger partial charge in [-0.15, -0.1) is 11.3 Å². The smallest absolute Gasteiger partial charge is 0.164 e. The first-order valence-electron chi connectivity index (χ1n) is 18.7. The standard InChI is InChI=1S/C51H31N3OS/c1-4-13-32(14-5-1)35-19-12-20-37(27-35)50-52-49(34-17-8-3-9-18-34)53-51(54-50)38-24-26-41-40-25-23-36(29-44(40)55-45(41)30-38)43-28-39(33-15-6-2-7-16-33)31-47-48(43)42-21-10-11-22-46(42)56-47/h1-31H. The second kappa shape index (κ2) is 13.3. The van der Waals surface area contributed by atoms with Crippen molar-refractivity contribution in [2.24, 2.45) is 0 Å². The highest BCUT2D eigenvalue weighted by atomic mass is 32.1. The van der Waals surface area contributed by atoms with E-state index >= 15 is 0 Å². The van der Waals surface area contributed by atoms with E-state index in [4.69, 9.17) is 19.4 Å². The number of rotatable bonds is 6. The molecule has 0 aliphatic rings. The average Bonchev–Trinajstić information content (AvgIpc) is 3.84. The molecule has 11 aromatic rings. The molecule has 0 bridgehead atoms. The van der Waals surface area contributed by atoms with Crippen molar-refractivity contribution in [3.05, 3.63) is 188 Å². The van der Waals surface area contributed by atoms with Gasteiger partial charge in [-0.1, -0.05) is 140 Å². The van der Waals surface area contributed by atoms with Crippen molar-refractivity contribution in [3.8, 4) is 67.5 Å². The number of benzene rings is 8. The number of hydrogen-bond acceptors (Lipinski definition) is 5. The molecule has 0 saturated heterocycles. The van der Waals surface area contributed by atoms with Crippen LogP contribution < -0.4 is 0 Å². The third kappa shape index (κ3) is 5.65. The zero-order chi connectivity index (χ0) is 37.0. The van der Waals surface area contributed by atoms with Gasteiger partial charge in [-0.05, 0) is 81.9 Å². The van der Waals surface area contributed by atoms with Crippen LogP contribution in [0.2, 0.25) is 0 Å². The number of fused-ring (bicyclic) bond motifs is 6. The van der Waals surface area contributed by atoms with E-state index in [0.29, 0.717) is 17.5 Å². The first kappa shape index (κ1) is 32.2. The highest BCUT2D eigenvalue weighted by Gasteiger charge is 2.18. The Bertz CT molecular complexity index is 3240. The van der Waals surface area contributed by atoms with Crippen molar-refractivity contribution >= 4 is 53.4 Å². The summed E-state index contributed by atoms with van der Waals surface area (Å²) < 4.78 is 9.26. The fraction of sp³-hybridized carbons (Fsp3) is 0. The molecule has 3 aromatic heterocycles. The summed E-state index contributed by atoms with van der Waals surface area (Å²) in [4.78, 5) is 15.1. The number of thiophene rings is 1.